The molecule has 0 bridgehead atoms. The first-order valence-corrected chi connectivity index (χ1v) is 8.73. The van der Waals surface area contributed by atoms with Gasteiger partial charge in [0.25, 0.3) is 5.91 Å². The van der Waals surface area contributed by atoms with E-state index in [9.17, 15) is 19.8 Å². The monoisotopic (exact) mass is 346 g/mol. The van der Waals surface area contributed by atoms with Crippen LogP contribution in [0.15, 0.2) is 35.6 Å². The summed E-state index contributed by atoms with van der Waals surface area (Å²) in [5.41, 5.74) is 0.742. The molecule has 0 saturated heterocycles. The fourth-order valence-corrected chi connectivity index (χ4v) is 3.19. The van der Waals surface area contributed by atoms with Crippen LogP contribution >= 0.6 is 0 Å². The van der Waals surface area contributed by atoms with Gasteiger partial charge in [0.15, 0.2) is 11.5 Å². The number of hydrogen-bond acceptors (Lipinski definition) is 5. The number of aliphatic hydroxyl groups is 1. The number of rotatable bonds is 8. The Morgan fingerprint density at radius 3 is 2.44 bits per heavy atom. The van der Waals surface area contributed by atoms with Gasteiger partial charge < -0.3 is 20.0 Å². The van der Waals surface area contributed by atoms with Crippen molar-refractivity contribution in [2.75, 3.05) is 26.2 Å². The Labute approximate surface area is 148 Å². The second kappa shape index (κ2) is 8.16. The van der Waals surface area contributed by atoms with E-state index in [1.54, 1.807) is 19.1 Å². The van der Waals surface area contributed by atoms with Crippen molar-refractivity contribution >= 4 is 11.7 Å². The summed E-state index contributed by atoms with van der Waals surface area (Å²) in [6.45, 7) is 8.55. The third kappa shape index (κ3) is 3.85. The molecule has 1 unspecified atom stereocenters. The summed E-state index contributed by atoms with van der Waals surface area (Å²) in [4.78, 5) is 28.6. The summed E-state index contributed by atoms with van der Waals surface area (Å²) in [5, 5.41) is 20.1. The van der Waals surface area contributed by atoms with Gasteiger partial charge in [-0.05, 0) is 30.8 Å². The van der Waals surface area contributed by atoms with Crippen LogP contribution in [0, 0.1) is 0 Å². The minimum Gasteiger partial charge on any atom is -0.508 e. The minimum atomic E-state index is -0.664. The van der Waals surface area contributed by atoms with Crippen molar-refractivity contribution in [2.45, 2.75) is 33.2 Å². The average Bonchev–Trinajstić information content (AvgIpc) is 2.86. The van der Waals surface area contributed by atoms with Crippen LogP contribution in [0.2, 0.25) is 0 Å². The molecule has 1 heterocycles. The number of phenols is 1. The largest absolute Gasteiger partial charge is 0.508 e. The summed E-state index contributed by atoms with van der Waals surface area (Å²) < 4.78 is 0. The first-order valence-electron chi connectivity index (χ1n) is 8.73. The lowest BCUT2D eigenvalue weighted by Crippen LogP contribution is -2.38. The van der Waals surface area contributed by atoms with Crippen LogP contribution < -0.4 is 0 Å². The molecule has 1 aliphatic heterocycles. The molecule has 136 valence electrons. The van der Waals surface area contributed by atoms with Gasteiger partial charge in [0.05, 0.1) is 11.6 Å². The van der Waals surface area contributed by atoms with E-state index in [1.165, 1.54) is 17.0 Å². The second-order valence-electron chi connectivity index (χ2n) is 6.06. The zero-order chi connectivity index (χ0) is 18.6. The molecule has 0 aliphatic carbocycles. The van der Waals surface area contributed by atoms with E-state index >= 15 is 0 Å². The Kier molecular flexibility index (Phi) is 6.20. The van der Waals surface area contributed by atoms with E-state index < -0.39 is 17.7 Å². The predicted octanol–water partition coefficient (Wildman–Crippen LogP) is 2.41. The number of aliphatic hydroxyl groups excluding tert-OH is 1. The smallest absolute Gasteiger partial charge is 0.290 e. The lowest BCUT2D eigenvalue weighted by Gasteiger charge is -2.29. The van der Waals surface area contributed by atoms with Crippen molar-refractivity contribution in [1.82, 2.24) is 9.80 Å². The summed E-state index contributed by atoms with van der Waals surface area (Å²) in [6.07, 6.45) is 0.200. The van der Waals surface area contributed by atoms with Crippen molar-refractivity contribution < 1.29 is 19.8 Å². The molecule has 1 atom stereocenters. The summed E-state index contributed by atoms with van der Waals surface area (Å²) in [7, 11) is 0. The van der Waals surface area contributed by atoms with Crippen molar-refractivity contribution in [2.24, 2.45) is 0 Å². The van der Waals surface area contributed by atoms with E-state index in [-0.39, 0.29) is 23.5 Å². The van der Waals surface area contributed by atoms with Gasteiger partial charge in [-0.25, -0.2) is 0 Å². The Bertz CT molecular complexity index is 680. The summed E-state index contributed by atoms with van der Waals surface area (Å²) in [6, 6.07) is 5.82. The third-order valence-electron chi connectivity index (χ3n) is 4.66. The van der Waals surface area contributed by atoms with Gasteiger partial charge in [-0.3, -0.25) is 9.59 Å². The molecule has 2 N–H and O–H groups in total. The third-order valence-corrected chi connectivity index (χ3v) is 4.66. The molecule has 1 amide bonds. The van der Waals surface area contributed by atoms with Crippen molar-refractivity contribution in [3.8, 4) is 5.75 Å². The Balaban J connectivity index is 2.40. The molecule has 6 heteroatoms. The predicted molar refractivity (Wildman–Crippen MR) is 95.3 cm³/mol. The lowest BCUT2D eigenvalue weighted by molar-refractivity contribution is -0.129. The number of hydrogen-bond donors (Lipinski definition) is 2. The van der Waals surface area contributed by atoms with Gasteiger partial charge in [0.2, 0.25) is 0 Å². The number of amides is 1. The molecule has 0 spiro atoms. The molecule has 1 aromatic carbocycles. The maximum Gasteiger partial charge on any atom is 0.290 e. The van der Waals surface area contributed by atoms with E-state index in [2.05, 4.69) is 4.90 Å². The number of ketones is 1. The van der Waals surface area contributed by atoms with E-state index in [0.717, 1.165) is 13.1 Å². The number of benzene rings is 1. The van der Waals surface area contributed by atoms with Crippen molar-refractivity contribution in [1.29, 1.82) is 0 Å². The standard InChI is InChI=1S/C19H26N2O4/c1-4-15(23)16-17(13-8-7-9-14(22)12-13)21(19(25)18(16)24)11-10-20(5-2)6-3/h7-9,12,17,22,24H,4-6,10-11H2,1-3H3. The number of likely N-dealkylation sites (N-methyl/N-ethyl adjacent to an activating group) is 1. The molecule has 1 aliphatic rings. The number of carbonyl (C=O) groups is 2. The van der Waals surface area contributed by atoms with Gasteiger partial charge in [0, 0.05) is 19.5 Å². The number of Topliss-reactive ketones (excluding diaryl/α,β-unsaturated/α-hetero) is 1. The van der Waals surface area contributed by atoms with Gasteiger partial charge >= 0.3 is 0 Å². The van der Waals surface area contributed by atoms with Crippen LogP contribution in [0.3, 0.4) is 0 Å². The lowest BCUT2D eigenvalue weighted by atomic mass is 9.95. The highest BCUT2D eigenvalue weighted by Gasteiger charge is 2.42. The molecule has 0 aromatic heterocycles. The molecule has 0 fully saturated rings. The number of carbonyl (C=O) groups excluding carboxylic acids is 2. The summed E-state index contributed by atoms with van der Waals surface area (Å²) in [5.74, 6) is -1.20. The van der Waals surface area contributed by atoms with Crippen LogP contribution in [0.25, 0.3) is 0 Å². The van der Waals surface area contributed by atoms with Crippen LogP contribution in [0.1, 0.15) is 38.8 Å². The molecule has 6 nitrogen and oxygen atoms in total. The quantitative estimate of drug-likeness (QED) is 0.755. The van der Waals surface area contributed by atoms with Gasteiger partial charge in [-0.1, -0.05) is 32.9 Å². The zero-order valence-electron chi connectivity index (χ0n) is 15.0. The Morgan fingerprint density at radius 1 is 1.20 bits per heavy atom. The molecule has 0 saturated carbocycles. The number of aromatic hydroxyl groups is 1. The normalized spacial score (nSPS) is 17.7. The van der Waals surface area contributed by atoms with Crippen LogP contribution in [0.4, 0.5) is 0 Å². The second-order valence-corrected chi connectivity index (χ2v) is 6.06. The van der Waals surface area contributed by atoms with Crippen LogP contribution in [-0.4, -0.2) is 57.9 Å². The van der Waals surface area contributed by atoms with Crippen molar-refractivity contribution in [3.63, 3.8) is 0 Å². The molecular weight excluding hydrogens is 320 g/mol. The maximum atomic E-state index is 12.6. The number of nitrogens with zero attached hydrogens (tertiary/aromatic N) is 2. The molecule has 0 radical (unpaired) electrons. The van der Waals surface area contributed by atoms with Crippen LogP contribution in [0.5, 0.6) is 5.75 Å². The molecule has 1 aromatic rings. The van der Waals surface area contributed by atoms with E-state index in [0.29, 0.717) is 18.7 Å². The first-order chi connectivity index (χ1) is 11.9. The maximum absolute atomic E-state index is 12.6. The Hall–Kier alpha value is -2.34. The van der Waals surface area contributed by atoms with Crippen LogP contribution in [-0.2, 0) is 9.59 Å². The number of phenolic OH excluding ortho intramolecular Hbond substituents is 1. The highest BCUT2D eigenvalue weighted by atomic mass is 16.3. The van der Waals surface area contributed by atoms with Gasteiger partial charge in [-0.2, -0.15) is 0 Å². The summed E-state index contributed by atoms with van der Waals surface area (Å²) >= 11 is 0. The van der Waals surface area contributed by atoms with Gasteiger partial charge in [-0.15, -0.1) is 0 Å². The SMILES string of the molecule is CCC(=O)C1=C(O)C(=O)N(CCN(CC)CC)C1c1cccc(O)c1. The van der Waals surface area contributed by atoms with E-state index in [4.69, 9.17) is 0 Å². The van der Waals surface area contributed by atoms with Crippen molar-refractivity contribution in [3.05, 3.63) is 41.2 Å². The average molecular weight is 346 g/mol. The molecule has 2 rings (SSSR count). The zero-order valence-corrected chi connectivity index (χ0v) is 15.0. The van der Waals surface area contributed by atoms with Gasteiger partial charge in [0.1, 0.15) is 5.75 Å². The topological polar surface area (TPSA) is 81.1 Å². The van der Waals surface area contributed by atoms with E-state index in [1.807, 2.05) is 13.8 Å². The molecule has 25 heavy (non-hydrogen) atoms. The minimum absolute atomic E-state index is 0.0586. The highest BCUT2D eigenvalue weighted by Crippen LogP contribution is 2.38. The Morgan fingerprint density at radius 2 is 1.88 bits per heavy atom. The first kappa shape index (κ1) is 19.0. The fourth-order valence-electron chi connectivity index (χ4n) is 3.19. The molecular formula is C19H26N2O4. The highest BCUT2D eigenvalue weighted by molar-refractivity contribution is 6.08. The fraction of sp³-hybridized carbons (Fsp3) is 0.474.